The first-order valence-corrected chi connectivity index (χ1v) is 5.12. The molecule has 0 saturated carbocycles. The average molecular weight is 205 g/mol. The Hall–Kier alpha value is -1.48. The van der Waals surface area contributed by atoms with E-state index in [9.17, 15) is 0 Å². The Morgan fingerprint density at radius 1 is 1.33 bits per heavy atom. The van der Waals surface area contributed by atoms with E-state index in [1.54, 1.807) is 0 Å². The summed E-state index contributed by atoms with van der Waals surface area (Å²) in [4.78, 5) is 1.99. The Morgan fingerprint density at radius 2 is 2.07 bits per heavy atom. The van der Waals surface area contributed by atoms with Crippen molar-refractivity contribution >= 4 is 5.76 Å². The number of aliphatic hydroxyl groups excluding tert-OH is 1. The van der Waals surface area contributed by atoms with Crippen molar-refractivity contribution in [1.29, 1.82) is 0 Å². The average Bonchev–Trinajstić information content (AvgIpc) is 2.63. The number of hydrogen-bond donors (Lipinski definition) is 1. The van der Waals surface area contributed by atoms with E-state index in [0.717, 1.165) is 11.3 Å². The maximum Gasteiger partial charge on any atom is 0.169 e. The highest BCUT2D eigenvalue weighted by Crippen LogP contribution is 2.25. The molecule has 0 amide bonds. The monoisotopic (exact) mass is 205 g/mol. The zero-order valence-electron chi connectivity index (χ0n) is 8.76. The van der Waals surface area contributed by atoms with Gasteiger partial charge >= 0.3 is 0 Å². The summed E-state index contributed by atoms with van der Waals surface area (Å²) in [7, 11) is 0. The maximum atomic E-state index is 8.87. The van der Waals surface area contributed by atoms with Gasteiger partial charge in [0.2, 0.25) is 0 Å². The highest BCUT2D eigenvalue weighted by molar-refractivity contribution is 5.60. The topological polar surface area (TPSA) is 32.7 Å². The summed E-state index contributed by atoms with van der Waals surface area (Å²) < 4.78 is 5.69. The molecular weight excluding hydrogens is 190 g/mol. The molecule has 0 aromatic heterocycles. The smallest absolute Gasteiger partial charge is 0.169 e. The largest absolute Gasteiger partial charge is 0.469 e. The highest BCUT2D eigenvalue weighted by atomic mass is 16.5. The van der Waals surface area contributed by atoms with Crippen molar-refractivity contribution in [2.75, 3.05) is 13.2 Å². The van der Waals surface area contributed by atoms with Crippen molar-refractivity contribution in [2.24, 2.45) is 0 Å². The van der Waals surface area contributed by atoms with Gasteiger partial charge in [-0.2, -0.15) is 0 Å². The third-order valence-corrected chi connectivity index (χ3v) is 2.46. The number of benzene rings is 1. The highest BCUT2D eigenvalue weighted by Gasteiger charge is 2.21. The molecule has 0 fully saturated rings. The molecule has 1 N–H and O–H groups in total. The first-order valence-electron chi connectivity index (χ1n) is 5.12. The van der Waals surface area contributed by atoms with Crippen LogP contribution in [0.3, 0.4) is 0 Å². The lowest BCUT2D eigenvalue weighted by molar-refractivity contribution is 0.0730. The predicted molar refractivity (Wildman–Crippen MR) is 58.8 cm³/mol. The summed E-state index contributed by atoms with van der Waals surface area (Å²) >= 11 is 0. The van der Waals surface area contributed by atoms with Crippen molar-refractivity contribution in [3.8, 4) is 0 Å². The fourth-order valence-corrected chi connectivity index (χ4v) is 1.64. The van der Waals surface area contributed by atoms with E-state index >= 15 is 0 Å². The summed E-state index contributed by atoms with van der Waals surface area (Å²) in [6, 6.07) is 9.98. The van der Waals surface area contributed by atoms with Gasteiger partial charge in [0.25, 0.3) is 0 Å². The van der Waals surface area contributed by atoms with Crippen LogP contribution in [0, 0.1) is 0 Å². The molecule has 0 aliphatic carbocycles. The first kappa shape index (κ1) is 10.1. The molecule has 1 unspecified atom stereocenters. The van der Waals surface area contributed by atoms with Crippen LogP contribution in [0.25, 0.3) is 5.76 Å². The van der Waals surface area contributed by atoms with Gasteiger partial charge in [-0.1, -0.05) is 30.3 Å². The Kier molecular flexibility index (Phi) is 2.92. The first-order chi connectivity index (χ1) is 7.31. The van der Waals surface area contributed by atoms with Gasteiger partial charge in [0.1, 0.15) is 5.76 Å². The van der Waals surface area contributed by atoms with Crippen LogP contribution in [-0.2, 0) is 4.74 Å². The fraction of sp³-hybridized carbons (Fsp3) is 0.333. The van der Waals surface area contributed by atoms with Gasteiger partial charge < -0.3 is 14.7 Å². The number of β-amino-alcohol motifs (C(OH)–C–C–N with tert-alkyl or cyclic N) is 1. The van der Waals surface area contributed by atoms with E-state index in [-0.39, 0.29) is 12.8 Å². The molecule has 0 saturated heterocycles. The Labute approximate surface area is 89.6 Å². The third-order valence-electron chi connectivity index (χ3n) is 2.46. The van der Waals surface area contributed by atoms with E-state index in [0.29, 0.717) is 6.54 Å². The van der Waals surface area contributed by atoms with E-state index < -0.39 is 0 Å². The Bertz CT molecular complexity index is 348. The van der Waals surface area contributed by atoms with Crippen LogP contribution >= 0.6 is 0 Å². The van der Waals surface area contributed by atoms with Crippen molar-refractivity contribution in [1.82, 2.24) is 4.90 Å². The summed E-state index contributed by atoms with van der Waals surface area (Å²) in [5.74, 6) is 0.872. The number of hydrogen-bond acceptors (Lipinski definition) is 3. The Balaban J connectivity index is 2.15. The molecule has 1 aromatic rings. The SMILES string of the molecule is CC1OC(c2ccccc2)=CN1CCO. The number of rotatable bonds is 3. The second-order valence-corrected chi connectivity index (χ2v) is 3.54. The van der Waals surface area contributed by atoms with Crippen LogP contribution in [0.15, 0.2) is 36.5 Å². The van der Waals surface area contributed by atoms with Gasteiger partial charge in [0.15, 0.2) is 6.23 Å². The zero-order chi connectivity index (χ0) is 10.7. The van der Waals surface area contributed by atoms with Crippen molar-refractivity contribution in [3.05, 3.63) is 42.1 Å². The van der Waals surface area contributed by atoms with Crippen LogP contribution < -0.4 is 0 Å². The van der Waals surface area contributed by atoms with Crippen molar-refractivity contribution in [3.63, 3.8) is 0 Å². The molecule has 1 aromatic carbocycles. The summed E-state index contributed by atoms with van der Waals surface area (Å²) in [5.41, 5.74) is 1.07. The Morgan fingerprint density at radius 3 is 2.73 bits per heavy atom. The lowest BCUT2D eigenvalue weighted by atomic mass is 10.2. The molecule has 0 spiro atoms. The van der Waals surface area contributed by atoms with Crippen LogP contribution in [0.4, 0.5) is 0 Å². The van der Waals surface area contributed by atoms with Crippen LogP contribution in [0.2, 0.25) is 0 Å². The molecule has 80 valence electrons. The van der Waals surface area contributed by atoms with Gasteiger partial charge in [-0.25, -0.2) is 0 Å². The minimum absolute atomic E-state index is 0.00681. The van der Waals surface area contributed by atoms with E-state index in [1.165, 1.54) is 0 Å². The normalized spacial score (nSPS) is 20.0. The fourth-order valence-electron chi connectivity index (χ4n) is 1.64. The van der Waals surface area contributed by atoms with Gasteiger partial charge in [0, 0.05) is 18.3 Å². The quantitative estimate of drug-likeness (QED) is 0.814. The van der Waals surface area contributed by atoms with Crippen LogP contribution in [0.5, 0.6) is 0 Å². The maximum absolute atomic E-state index is 8.87. The van der Waals surface area contributed by atoms with E-state index in [2.05, 4.69) is 0 Å². The lowest BCUT2D eigenvalue weighted by Gasteiger charge is -2.18. The molecule has 3 heteroatoms. The molecule has 1 atom stereocenters. The van der Waals surface area contributed by atoms with Crippen LogP contribution in [-0.4, -0.2) is 29.4 Å². The van der Waals surface area contributed by atoms with Crippen molar-refractivity contribution < 1.29 is 9.84 Å². The minimum atomic E-state index is 0.00681. The molecule has 1 heterocycles. The molecule has 0 radical (unpaired) electrons. The number of aliphatic hydroxyl groups is 1. The lowest BCUT2D eigenvalue weighted by Crippen LogP contribution is -2.27. The summed E-state index contributed by atoms with van der Waals surface area (Å²) in [5, 5.41) is 8.87. The second-order valence-electron chi connectivity index (χ2n) is 3.54. The number of ether oxygens (including phenoxy) is 1. The molecule has 3 nitrogen and oxygen atoms in total. The van der Waals surface area contributed by atoms with Gasteiger partial charge in [-0.05, 0) is 6.92 Å². The third kappa shape index (κ3) is 2.13. The summed E-state index contributed by atoms with van der Waals surface area (Å²) in [6.45, 7) is 2.73. The van der Waals surface area contributed by atoms with Gasteiger partial charge in [-0.15, -0.1) is 0 Å². The zero-order valence-corrected chi connectivity index (χ0v) is 8.76. The van der Waals surface area contributed by atoms with E-state index in [1.807, 2.05) is 48.4 Å². The molecule has 1 aliphatic rings. The van der Waals surface area contributed by atoms with Crippen LogP contribution in [0.1, 0.15) is 12.5 Å². The molecule has 0 bridgehead atoms. The minimum Gasteiger partial charge on any atom is -0.469 e. The second kappa shape index (κ2) is 4.36. The van der Waals surface area contributed by atoms with Crippen molar-refractivity contribution in [2.45, 2.75) is 13.2 Å². The molecule has 15 heavy (non-hydrogen) atoms. The number of nitrogens with zero attached hydrogens (tertiary/aromatic N) is 1. The standard InChI is InChI=1S/C12H15NO2/c1-10-13(7-8-14)9-12(15-10)11-5-3-2-4-6-11/h2-6,9-10,14H,7-8H2,1H3. The molecular formula is C12H15NO2. The molecule has 2 rings (SSSR count). The van der Waals surface area contributed by atoms with Gasteiger partial charge in [-0.3, -0.25) is 0 Å². The predicted octanol–water partition coefficient (Wildman–Crippen LogP) is 1.66. The van der Waals surface area contributed by atoms with E-state index in [4.69, 9.17) is 9.84 Å². The summed E-state index contributed by atoms with van der Waals surface area (Å²) in [6.07, 6.45) is 1.96. The van der Waals surface area contributed by atoms with Gasteiger partial charge in [0.05, 0.1) is 6.61 Å². The molecule has 1 aliphatic heterocycles.